The molecule has 0 saturated carbocycles. The van der Waals surface area contributed by atoms with Gasteiger partial charge in [0.25, 0.3) is 11.6 Å². The normalized spacial score (nSPS) is 21.3. The molecule has 0 radical (unpaired) electrons. The summed E-state index contributed by atoms with van der Waals surface area (Å²) in [6, 6.07) is 5.68. The average molecular weight is 330 g/mol. The van der Waals surface area contributed by atoms with Crippen LogP contribution in [0.1, 0.15) is 36.5 Å². The van der Waals surface area contributed by atoms with Crippen LogP contribution in [0.5, 0.6) is 5.75 Å². The number of methoxy groups -OCH3 is 1. The van der Waals surface area contributed by atoms with Crippen molar-refractivity contribution in [2.75, 3.05) is 7.11 Å². The van der Waals surface area contributed by atoms with E-state index < -0.39 is 24.2 Å². The van der Waals surface area contributed by atoms with E-state index in [1.807, 2.05) is 0 Å². The van der Waals surface area contributed by atoms with Crippen LogP contribution < -0.4 is 4.74 Å². The highest BCUT2D eigenvalue weighted by atomic mass is 19.4. The van der Waals surface area contributed by atoms with Gasteiger partial charge in [0.2, 0.25) is 0 Å². The van der Waals surface area contributed by atoms with E-state index in [-0.39, 0.29) is 22.7 Å². The third-order valence-electron chi connectivity index (χ3n) is 3.54. The van der Waals surface area contributed by atoms with Gasteiger partial charge in [0, 0.05) is 17.7 Å². The Labute approximate surface area is 131 Å². The number of aliphatic hydroxyl groups is 1. The molecule has 1 aliphatic rings. The average Bonchev–Trinajstić information content (AvgIpc) is 2.84. The molecule has 0 spiro atoms. The molecule has 1 amide bonds. The molecule has 2 rings (SSSR count). The first-order valence-corrected chi connectivity index (χ1v) is 7.07. The number of carbonyl (C=O) groups excluding carboxylic acids is 1. The molecule has 0 bridgehead atoms. The van der Waals surface area contributed by atoms with Gasteiger partial charge in [-0.1, -0.05) is 19.4 Å². The van der Waals surface area contributed by atoms with Crippen LogP contribution in [0, 0.1) is 0 Å². The number of hydrogen-bond acceptors (Lipinski definition) is 4. The van der Waals surface area contributed by atoms with Gasteiger partial charge in [-0.25, -0.2) is 0 Å². The predicted molar refractivity (Wildman–Crippen MR) is 77.1 cm³/mol. The molecule has 1 aliphatic heterocycles. The Hall–Kier alpha value is -2.09. The number of alkyl halides is 3. The Morgan fingerprint density at radius 2 is 2.17 bits per heavy atom. The summed E-state index contributed by atoms with van der Waals surface area (Å²) < 4.78 is 44.8. The van der Waals surface area contributed by atoms with Crippen molar-refractivity contribution in [3.8, 4) is 5.75 Å². The molecule has 1 N–H and O–H groups in total. The van der Waals surface area contributed by atoms with Crippen LogP contribution in [0.4, 0.5) is 13.2 Å². The van der Waals surface area contributed by atoms with Crippen molar-refractivity contribution in [3.63, 3.8) is 0 Å². The molecule has 23 heavy (non-hydrogen) atoms. The van der Waals surface area contributed by atoms with Crippen LogP contribution in [-0.2, 0) is 0 Å². The molecule has 0 unspecified atom stereocenters. The number of hydrogen-bond donors (Lipinski definition) is 1. The summed E-state index contributed by atoms with van der Waals surface area (Å²) >= 11 is 0. The molecule has 5 nitrogen and oxygen atoms in total. The Morgan fingerprint density at radius 3 is 2.74 bits per heavy atom. The summed E-state index contributed by atoms with van der Waals surface area (Å²) in [7, 11) is 1.38. The van der Waals surface area contributed by atoms with Crippen molar-refractivity contribution >= 4 is 11.6 Å². The summed E-state index contributed by atoms with van der Waals surface area (Å²) in [4.78, 5) is 12.4. The fraction of sp³-hybridized carbons (Fsp3) is 0.467. The summed E-state index contributed by atoms with van der Waals surface area (Å²) in [6.07, 6.45) is -4.91. The van der Waals surface area contributed by atoms with Gasteiger partial charge in [0.15, 0.2) is 0 Å². The zero-order valence-corrected chi connectivity index (χ0v) is 12.7. The van der Waals surface area contributed by atoms with Crippen LogP contribution in [0.25, 0.3) is 0 Å². The van der Waals surface area contributed by atoms with Gasteiger partial charge in [-0.05, 0) is 24.6 Å². The van der Waals surface area contributed by atoms with E-state index >= 15 is 0 Å². The molecule has 1 atom stereocenters. The van der Waals surface area contributed by atoms with Gasteiger partial charge in [0.1, 0.15) is 5.75 Å². The number of hydrazone groups is 1. The van der Waals surface area contributed by atoms with Crippen molar-refractivity contribution < 1.29 is 27.8 Å². The first kappa shape index (κ1) is 17.3. The molecule has 0 fully saturated rings. The van der Waals surface area contributed by atoms with E-state index in [0.717, 1.165) is 0 Å². The monoisotopic (exact) mass is 330 g/mol. The highest BCUT2D eigenvalue weighted by Crippen LogP contribution is 2.41. The fourth-order valence-corrected chi connectivity index (χ4v) is 2.36. The maximum atomic E-state index is 13.3. The second-order valence-corrected chi connectivity index (χ2v) is 5.26. The van der Waals surface area contributed by atoms with Crippen LogP contribution >= 0.6 is 0 Å². The zero-order chi connectivity index (χ0) is 17.3. The van der Waals surface area contributed by atoms with E-state index in [1.165, 1.54) is 25.3 Å². The maximum absolute atomic E-state index is 13.3. The molecular formula is C15H17F3N2O3. The quantitative estimate of drug-likeness (QED) is 0.923. The standard InChI is InChI=1S/C15H17F3N2O3/c1-3-5-11-9-14(22,15(16,17)18)20(19-11)13(21)10-6-4-7-12(8-10)23-2/h4,6-8,22H,3,5,9H2,1-2H3/t14-/m0/s1. The van der Waals surface area contributed by atoms with Crippen molar-refractivity contribution in [1.29, 1.82) is 0 Å². The molecular weight excluding hydrogens is 313 g/mol. The summed E-state index contributed by atoms with van der Waals surface area (Å²) in [5.74, 6) is -0.710. The number of rotatable bonds is 4. The first-order valence-electron chi connectivity index (χ1n) is 7.07. The van der Waals surface area contributed by atoms with Gasteiger partial charge in [-0.15, -0.1) is 0 Å². The fourth-order valence-electron chi connectivity index (χ4n) is 2.36. The van der Waals surface area contributed by atoms with E-state index in [1.54, 1.807) is 13.0 Å². The van der Waals surface area contributed by atoms with Crippen molar-refractivity contribution in [2.45, 2.75) is 38.1 Å². The first-order chi connectivity index (χ1) is 10.7. The van der Waals surface area contributed by atoms with Crippen molar-refractivity contribution in [2.24, 2.45) is 5.10 Å². The topological polar surface area (TPSA) is 62.1 Å². The third kappa shape index (κ3) is 3.17. The largest absolute Gasteiger partial charge is 0.497 e. The Morgan fingerprint density at radius 1 is 1.48 bits per heavy atom. The number of benzene rings is 1. The third-order valence-corrected chi connectivity index (χ3v) is 3.54. The molecule has 1 heterocycles. The molecule has 8 heteroatoms. The lowest BCUT2D eigenvalue weighted by molar-refractivity contribution is -0.297. The minimum atomic E-state index is -5.01. The lowest BCUT2D eigenvalue weighted by Gasteiger charge is -2.32. The Bertz CT molecular complexity index is 631. The van der Waals surface area contributed by atoms with Gasteiger partial charge in [-0.2, -0.15) is 23.3 Å². The van der Waals surface area contributed by atoms with Crippen LogP contribution in [-0.4, -0.2) is 40.7 Å². The minimum Gasteiger partial charge on any atom is -0.497 e. The number of ether oxygens (including phenoxy) is 1. The second kappa shape index (κ2) is 6.19. The number of carbonyl (C=O) groups is 1. The van der Waals surface area contributed by atoms with Crippen LogP contribution in [0.15, 0.2) is 29.4 Å². The van der Waals surface area contributed by atoms with Crippen LogP contribution in [0.2, 0.25) is 0 Å². The lowest BCUT2D eigenvalue weighted by atomic mass is 10.0. The number of nitrogens with zero attached hydrogens (tertiary/aromatic N) is 2. The van der Waals surface area contributed by atoms with E-state index in [9.17, 15) is 23.1 Å². The molecule has 126 valence electrons. The molecule has 1 aromatic carbocycles. The highest BCUT2D eigenvalue weighted by Gasteiger charge is 2.63. The predicted octanol–water partition coefficient (Wildman–Crippen LogP) is 2.95. The number of halogens is 3. The minimum absolute atomic E-state index is 0.0477. The smallest absolute Gasteiger partial charge is 0.438 e. The SMILES string of the molecule is CCCC1=NN(C(=O)c2cccc(OC)c2)[C@@](O)(C(F)(F)F)C1. The van der Waals surface area contributed by atoms with Gasteiger partial charge >= 0.3 is 6.18 Å². The van der Waals surface area contributed by atoms with Gasteiger partial charge < -0.3 is 9.84 Å². The second-order valence-electron chi connectivity index (χ2n) is 5.26. The van der Waals surface area contributed by atoms with E-state index in [4.69, 9.17) is 4.74 Å². The lowest BCUT2D eigenvalue weighted by Crippen LogP contribution is -2.56. The van der Waals surface area contributed by atoms with Crippen molar-refractivity contribution in [1.82, 2.24) is 5.01 Å². The highest BCUT2D eigenvalue weighted by molar-refractivity contribution is 5.98. The van der Waals surface area contributed by atoms with Crippen LogP contribution in [0.3, 0.4) is 0 Å². The summed E-state index contributed by atoms with van der Waals surface area (Å²) in [5, 5.41) is 13.9. The number of amides is 1. The maximum Gasteiger partial charge on any atom is 0.438 e. The zero-order valence-electron chi connectivity index (χ0n) is 12.7. The molecule has 1 aromatic rings. The molecule has 0 aromatic heterocycles. The van der Waals surface area contributed by atoms with E-state index in [0.29, 0.717) is 12.2 Å². The van der Waals surface area contributed by atoms with E-state index in [2.05, 4.69) is 5.10 Å². The Balaban J connectivity index is 2.41. The Kier molecular flexibility index (Phi) is 4.65. The molecule has 0 saturated heterocycles. The summed E-state index contributed by atoms with van der Waals surface area (Å²) in [6.45, 7) is 1.78. The summed E-state index contributed by atoms with van der Waals surface area (Å²) in [5.41, 5.74) is -3.23. The van der Waals surface area contributed by atoms with Crippen molar-refractivity contribution in [3.05, 3.63) is 29.8 Å². The van der Waals surface area contributed by atoms with Gasteiger partial charge in [0.05, 0.1) is 7.11 Å². The van der Waals surface area contributed by atoms with Gasteiger partial charge in [-0.3, -0.25) is 4.79 Å². The molecule has 0 aliphatic carbocycles.